The minimum absolute atomic E-state index is 0. The highest BCUT2D eigenvalue weighted by molar-refractivity contribution is 5.99. The first-order chi connectivity index (χ1) is 17.3. The number of hydrogen-bond acceptors (Lipinski definition) is 4. The Morgan fingerprint density at radius 3 is 2.49 bits per heavy atom. The van der Waals surface area contributed by atoms with Gasteiger partial charge in [-0.2, -0.15) is 0 Å². The zero-order chi connectivity index (χ0) is 25.7. The summed E-state index contributed by atoms with van der Waals surface area (Å²) in [6, 6.07) is 10.6. The molecule has 2 fully saturated rings. The molecule has 1 N–H and O–H groups in total. The van der Waals surface area contributed by atoms with Crippen LogP contribution in [0.3, 0.4) is 0 Å². The minimum Gasteiger partial charge on any atom is -0.379 e. The Morgan fingerprint density at radius 2 is 1.81 bits per heavy atom. The number of halogens is 2. The molecular weight excluding hydrogens is 493 g/mol. The van der Waals surface area contributed by atoms with E-state index in [2.05, 4.69) is 10.2 Å². The number of rotatable bonds is 8. The fourth-order valence-corrected chi connectivity index (χ4v) is 5.56. The second-order valence-electron chi connectivity index (χ2n) is 10.3. The number of hydrogen-bond donors (Lipinski definition) is 1. The number of anilines is 1. The van der Waals surface area contributed by atoms with Crippen molar-refractivity contribution in [1.82, 2.24) is 10.2 Å². The molecule has 2 aromatic rings. The maximum Gasteiger partial charge on any atom is 0.251 e. The second kappa shape index (κ2) is 13.4. The van der Waals surface area contributed by atoms with Crippen LogP contribution >= 0.6 is 12.4 Å². The highest BCUT2D eigenvalue weighted by Gasteiger charge is 2.34. The van der Waals surface area contributed by atoms with Crippen molar-refractivity contribution in [2.45, 2.75) is 40.0 Å². The van der Waals surface area contributed by atoms with Gasteiger partial charge in [0.05, 0.1) is 13.2 Å². The van der Waals surface area contributed by atoms with Crippen molar-refractivity contribution in [2.75, 3.05) is 50.8 Å². The lowest BCUT2D eigenvalue weighted by Gasteiger charge is -2.38. The average molecular weight is 532 g/mol. The van der Waals surface area contributed by atoms with E-state index in [9.17, 15) is 14.0 Å². The van der Waals surface area contributed by atoms with E-state index < -0.39 is 0 Å². The molecule has 0 bridgehead atoms. The van der Waals surface area contributed by atoms with Gasteiger partial charge in [0, 0.05) is 43.3 Å². The zero-order valence-corrected chi connectivity index (χ0v) is 22.9. The number of nitrogens with zero attached hydrogens (tertiary/aromatic N) is 2. The van der Waals surface area contributed by atoms with Gasteiger partial charge in [-0.1, -0.05) is 25.1 Å². The van der Waals surface area contributed by atoms with E-state index in [0.29, 0.717) is 30.6 Å². The molecule has 0 aromatic heterocycles. The van der Waals surface area contributed by atoms with Crippen LogP contribution in [0.4, 0.5) is 10.1 Å². The second-order valence-corrected chi connectivity index (χ2v) is 10.3. The lowest BCUT2D eigenvalue weighted by atomic mass is 9.84. The summed E-state index contributed by atoms with van der Waals surface area (Å²) in [6.07, 6.45) is 2.24. The van der Waals surface area contributed by atoms with Crippen LogP contribution in [0.25, 0.3) is 0 Å². The SMILES string of the molecule is Cc1cc(C(=O)NCCCN2CCOCC2)cc(C)c1N1C[C@@H](Cc2ccccc2F)C[C@@H](C)C1=O.Cl. The number of morpholine rings is 1. The third kappa shape index (κ3) is 7.30. The Bertz CT molecular complexity index is 1070. The molecule has 2 saturated heterocycles. The highest BCUT2D eigenvalue weighted by Crippen LogP contribution is 2.34. The molecule has 2 aliphatic rings. The summed E-state index contributed by atoms with van der Waals surface area (Å²) in [5, 5.41) is 3.03. The molecule has 0 unspecified atom stereocenters. The fourth-order valence-electron chi connectivity index (χ4n) is 5.56. The lowest BCUT2D eigenvalue weighted by Crippen LogP contribution is -2.46. The van der Waals surface area contributed by atoms with Crippen LogP contribution in [0.2, 0.25) is 0 Å². The van der Waals surface area contributed by atoms with E-state index in [0.717, 1.165) is 62.5 Å². The van der Waals surface area contributed by atoms with E-state index >= 15 is 0 Å². The largest absolute Gasteiger partial charge is 0.379 e. The molecule has 4 rings (SSSR count). The molecule has 2 aliphatic heterocycles. The Hall–Kier alpha value is -2.48. The third-order valence-corrected chi connectivity index (χ3v) is 7.35. The number of aryl methyl sites for hydroxylation is 2. The molecule has 37 heavy (non-hydrogen) atoms. The Labute approximate surface area is 226 Å². The van der Waals surface area contributed by atoms with Crippen LogP contribution in [0.15, 0.2) is 36.4 Å². The van der Waals surface area contributed by atoms with Gasteiger partial charge < -0.3 is 15.0 Å². The third-order valence-electron chi connectivity index (χ3n) is 7.35. The molecular formula is C29H39ClFN3O3. The molecule has 6 nitrogen and oxygen atoms in total. The van der Waals surface area contributed by atoms with Crippen molar-refractivity contribution in [2.24, 2.45) is 11.8 Å². The number of amides is 2. The predicted molar refractivity (Wildman–Crippen MR) is 147 cm³/mol. The molecule has 2 atom stereocenters. The average Bonchev–Trinajstić information content (AvgIpc) is 2.86. The van der Waals surface area contributed by atoms with E-state index in [-0.39, 0.29) is 41.9 Å². The first kappa shape index (κ1) is 29.1. The number of piperidine rings is 1. The maximum absolute atomic E-state index is 14.3. The van der Waals surface area contributed by atoms with Crippen molar-refractivity contribution in [3.05, 3.63) is 64.5 Å². The molecule has 0 aliphatic carbocycles. The summed E-state index contributed by atoms with van der Waals surface area (Å²) in [5.74, 6) is -0.162. The lowest BCUT2D eigenvalue weighted by molar-refractivity contribution is -0.124. The molecule has 2 amide bonds. The summed E-state index contributed by atoms with van der Waals surface area (Å²) < 4.78 is 19.6. The van der Waals surface area contributed by atoms with E-state index in [1.165, 1.54) is 6.07 Å². The molecule has 0 saturated carbocycles. The molecule has 0 spiro atoms. The van der Waals surface area contributed by atoms with Gasteiger partial charge in [-0.3, -0.25) is 14.5 Å². The Morgan fingerprint density at radius 1 is 1.14 bits per heavy atom. The van der Waals surface area contributed by atoms with E-state index in [1.807, 2.05) is 49.9 Å². The van der Waals surface area contributed by atoms with Gasteiger partial charge in [0.2, 0.25) is 5.91 Å². The van der Waals surface area contributed by atoms with Crippen LogP contribution in [-0.2, 0) is 16.0 Å². The number of benzene rings is 2. The smallest absolute Gasteiger partial charge is 0.251 e. The topological polar surface area (TPSA) is 61.9 Å². The van der Waals surface area contributed by atoms with Gasteiger partial charge >= 0.3 is 0 Å². The Balaban J connectivity index is 0.00000380. The summed E-state index contributed by atoms with van der Waals surface area (Å²) >= 11 is 0. The zero-order valence-electron chi connectivity index (χ0n) is 22.1. The van der Waals surface area contributed by atoms with E-state index in [1.54, 1.807) is 6.07 Å². The van der Waals surface area contributed by atoms with Crippen molar-refractivity contribution in [3.8, 4) is 0 Å². The van der Waals surface area contributed by atoms with Crippen molar-refractivity contribution in [1.29, 1.82) is 0 Å². The predicted octanol–water partition coefficient (Wildman–Crippen LogP) is 4.55. The number of carbonyl (C=O) groups is 2. The van der Waals surface area contributed by atoms with Gasteiger partial charge in [-0.15, -0.1) is 12.4 Å². The van der Waals surface area contributed by atoms with Crippen LogP contribution in [0.1, 0.15) is 46.8 Å². The van der Waals surface area contributed by atoms with Crippen LogP contribution in [0.5, 0.6) is 0 Å². The molecule has 202 valence electrons. The monoisotopic (exact) mass is 531 g/mol. The molecule has 0 radical (unpaired) electrons. The highest BCUT2D eigenvalue weighted by atomic mass is 35.5. The quantitative estimate of drug-likeness (QED) is 0.508. The summed E-state index contributed by atoms with van der Waals surface area (Å²) in [4.78, 5) is 30.2. The van der Waals surface area contributed by atoms with Crippen LogP contribution in [-0.4, -0.2) is 62.7 Å². The first-order valence-electron chi connectivity index (χ1n) is 13.1. The molecule has 2 aromatic carbocycles. The number of nitrogens with one attached hydrogen (secondary N) is 1. The van der Waals surface area contributed by atoms with E-state index in [4.69, 9.17) is 4.74 Å². The van der Waals surface area contributed by atoms with Gasteiger partial charge in [0.15, 0.2) is 0 Å². The molecule has 8 heteroatoms. The molecule has 2 heterocycles. The summed E-state index contributed by atoms with van der Waals surface area (Å²) in [6.45, 7) is 11.4. The van der Waals surface area contributed by atoms with Crippen molar-refractivity contribution < 1.29 is 18.7 Å². The van der Waals surface area contributed by atoms with Gasteiger partial charge in [0.25, 0.3) is 5.91 Å². The normalized spacial score (nSPS) is 20.4. The van der Waals surface area contributed by atoms with Gasteiger partial charge in [-0.25, -0.2) is 4.39 Å². The van der Waals surface area contributed by atoms with Crippen LogP contribution in [0, 0.1) is 31.5 Å². The Kier molecular flexibility index (Phi) is 10.5. The summed E-state index contributed by atoms with van der Waals surface area (Å²) in [5.41, 5.74) is 3.98. The number of carbonyl (C=O) groups excluding carboxylic acids is 2. The minimum atomic E-state index is -0.193. The van der Waals surface area contributed by atoms with Crippen molar-refractivity contribution in [3.63, 3.8) is 0 Å². The fraction of sp³-hybridized carbons (Fsp3) is 0.517. The van der Waals surface area contributed by atoms with Gasteiger partial charge in [0.1, 0.15) is 5.82 Å². The number of ether oxygens (including phenoxy) is 1. The standard InChI is InChI=1S/C29H38FN3O3.ClH/c1-20-16-25(28(34)31-9-6-10-32-11-13-36-14-12-32)17-21(2)27(20)33-19-23(15-22(3)29(33)35)18-24-7-4-5-8-26(24)30;/h4-5,7-8,16-17,22-23H,6,9-15,18-19H2,1-3H3,(H,31,34);1H/t22-,23-;/m1./s1. The van der Waals surface area contributed by atoms with Crippen LogP contribution < -0.4 is 10.2 Å². The first-order valence-corrected chi connectivity index (χ1v) is 13.1. The maximum atomic E-state index is 14.3. The van der Waals surface area contributed by atoms with Crippen molar-refractivity contribution >= 4 is 29.9 Å². The summed E-state index contributed by atoms with van der Waals surface area (Å²) in [7, 11) is 0. The van der Waals surface area contributed by atoms with Gasteiger partial charge in [-0.05, 0) is 80.5 Å².